The van der Waals surface area contributed by atoms with Gasteiger partial charge in [0.15, 0.2) is 5.69 Å². The second kappa shape index (κ2) is 11.4. The molecule has 0 radical (unpaired) electrons. The first-order valence-corrected chi connectivity index (χ1v) is 11.0. The summed E-state index contributed by atoms with van der Waals surface area (Å²) >= 11 is 0. The van der Waals surface area contributed by atoms with Crippen molar-refractivity contribution in [2.75, 3.05) is 13.7 Å². The van der Waals surface area contributed by atoms with Gasteiger partial charge >= 0.3 is 0 Å². The van der Waals surface area contributed by atoms with Crippen LogP contribution >= 0.6 is 0 Å². The van der Waals surface area contributed by atoms with E-state index in [9.17, 15) is 4.79 Å². The molecule has 2 heterocycles. The molecule has 3 rings (SSSR count). The minimum Gasteiger partial charge on any atom is -0.497 e. The molecule has 1 aromatic carbocycles. The number of hydrogen-bond donors (Lipinski definition) is 1. The monoisotopic (exact) mass is 436 g/mol. The molecule has 1 unspecified atom stereocenters. The number of nitrogens with one attached hydrogen (secondary N) is 1. The Morgan fingerprint density at radius 2 is 2.00 bits per heavy atom. The van der Waals surface area contributed by atoms with Gasteiger partial charge in [-0.2, -0.15) is 0 Å². The smallest absolute Gasteiger partial charge is 0.273 e. The van der Waals surface area contributed by atoms with Crippen molar-refractivity contribution < 1.29 is 13.9 Å². The number of hydrogen-bond acceptors (Lipinski definition) is 6. The maximum absolute atomic E-state index is 12.5. The average molecular weight is 437 g/mol. The van der Waals surface area contributed by atoms with E-state index in [1.807, 2.05) is 36.4 Å². The van der Waals surface area contributed by atoms with E-state index in [1.165, 1.54) is 6.26 Å². The molecule has 0 saturated carbocycles. The highest BCUT2D eigenvalue weighted by molar-refractivity contribution is 5.91. The molecule has 0 saturated heterocycles. The Morgan fingerprint density at radius 3 is 2.72 bits per heavy atom. The predicted molar refractivity (Wildman–Crippen MR) is 123 cm³/mol. The second-order valence-corrected chi connectivity index (χ2v) is 8.19. The van der Waals surface area contributed by atoms with Crippen LogP contribution in [0.2, 0.25) is 0 Å². The largest absolute Gasteiger partial charge is 0.497 e. The van der Waals surface area contributed by atoms with Crippen LogP contribution in [0.25, 0.3) is 0 Å². The van der Waals surface area contributed by atoms with Crippen molar-refractivity contribution in [2.24, 2.45) is 5.92 Å². The van der Waals surface area contributed by atoms with Crippen molar-refractivity contribution in [1.82, 2.24) is 20.2 Å². The summed E-state index contributed by atoms with van der Waals surface area (Å²) in [6.07, 6.45) is 3.84. The molecular formula is C25H32N4O3. The first kappa shape index (κ1) is 23.5. The van der Waals surface area contributed by atoms with Crippen molar-refractivity contribution in [2.45, 2.75) is 46.3 Å². The highest BCUT2D eigenvalue weighted by Gasteiger charge is 2.21. The molecule has 0 fully saturated rings. The summed E-state index contributed by atoms with van der Waals surface area (Å²) < 4.78 is 11.0. The molecule has 1 atom stereocenters. The lowest BCUT2D eigenvalue weighted by Gasteiger charge is -2.30. The normalized spacial score (nSPS) is 12.2. The van der Waals surface area contributed by atoms with Gasteiger partial charge in [0.25, 0.3) is 5.91 Å². The Kier molecular flexibility index (Phi) is 8.39. The van der Waals surface area contributed by atoms with Crippen molar-refractivity contribution in [3.8, 4) is 5.75 Å². The second-order valence-electron chi connectivity index (χ2n) is 8.19. The van der Waals surface area contributed by atoms with E-state index in [2.05, 4.69) is 47.0 Å². The zero-order valence-corrected chi connectivity index (χ0v) is 19.2. The lowest BCUT2D eigenvalue weighted by atomic mass is 10.0. The lowest BCUT2D eigenvalue weighted by molar-refractivity contribution is 0.0948. The van der Waals surface area contributed by atoms with Gasteiger partial charge in [-0.1, -0.05) is 32.0 Å². The molecule has 170 valence electrons. The number of carbonyl (C=O) groups excluding carboxylic acids is 1. The van der Waals surface area contributed by atoms with E-state index < -0.39 is 0 Å². The van der Waals surface area contributed by atoms with Gasteiger partial charge in [-0.25, -0.2) is 4.98 Å². The quantitative estimate of drug-likeness (QED) is 0.487. The maximum Gasteiger partial charge on any atom is 0.273 e. The van der Waals surface area contributed by atoms with E-state index in [4.69, 9.17) is 9.15 Å². The molecule has 1 amide bonds. The van der Waals surface area contributed by atoms with Crippen LogP contribution in [0.3, 0.4) is 0 Å². The summed E-state index contributed by atoms with van der Waals surface area (Å²) in [6, 6.07) is 14.1. The standard InChI is InChI=1S/C25H32N4O3/c1-18(2)19(3)29(15-20-8-7-10-22(14-20)31-4)16-24-28-23(17-32-24)25(30)27-13-11-21-9-5-6-12-26-21/h5-10,12,14,17-19H,11,13,15-16H2,1-4H3,(H,27,30). The minimum atomic E-state index is -0.243. The minimum absolute atomic E-state index is 0.243. The Balaban J connectivity index is 1.62. The highest BCUT2D eigenvalue weighted by Crippen LogP contribution is 2.20. The summed E-state index contributed by atoms with van der Waals surface area (Å²) in [4.78, 5) is 23.4. The molecule has 7 heteroatoms. The number of rotatable bonds is 11. The number of pyridine rings is 1. The Bertz CT molecular complexity index is 988. The van der Waals surface area contributed by atoms with Crippen molar-refractivity contribution in [3.63, 3.8) is 0 Å². The fourth-order valence-corrected chi connectivity index (χ4v) is 3.37. The molecule has 32 heavy (non-hydrogen) atoms. The van der Waals surface area contributed by atoms with Gasteiger partial charge in [0.1, 0.15) is 12.0 Å². The van der Waals surface area contributed by atoms with Crippen molar-refractivity contribution in [1.29, 1.82) is 0 Å². The van der Waals surface area contributed by atoms with Gasteiger partial charge in [-0.3, -0.25) is 14.7 Å². The molecule has 2 aromatic heterocycles. The molecular weight excluding hydrogens is 404 g/mol. The average Bonchev–Trinajstić information content (AvgIpc) is 3.27. The number of amides is 1. The van der Waals surface area contributed by atoms with Crippen LogP contribution in [0, 0.1) is 5.92 Å². The number of aromatic nitrogens is 2. The van der Waals surface area contributed by atoms with Gasteiger partial charge < -0.3 is 14.5 Å². The first-order chi connectivity index (χ1) is 15.5. The fourth-order valence-electron chi connectivity index (χ4n) is 3.37. The lowest BCUT2D eigenvalue weighted by Crippen LogP contribution is -2.36. The third-order valence-electron chi connectivity index (χ3n) is 5.58. The predicted octanol–water partition coefficient (Wildman–Crippen LogP) is 4.10. The van der Waals surface area contributed by atoms with E-state index in [-0.39, 0.29) is 5.91 Å². The van der Waals surface area contributed by atoms with E-state index in [0.717, 1.165) is 23.6 Å². The summed E-state index contributed by atoms with van der Waals surface area (Å²) in [5.41, 5.74) is 2.37. The molecule has 1 N–H and O–H groups in total. The number of nitrogens with zero attached hydrogens (tertiary/aromatic N) is 3. The number of benzene rings is 1. The third kappa shape index (κ3) is 6.65. The van der Waals surface area contributed by atoms with Crippen LogP contribution in [-0.4, -0.2) is 40.5 Å². The van der Waals surface area contributed by atoms with Crippen LogP contribution in [0.5, 0.6) is 5.75 Å². The zero-order valence-electron chi connectivity index (χ0n) is 19.2. The van der Waals surface area contributed by atoms with Crippen molar-refractivity contribution in [3.05, 3.63) is 77.8 Å². The van der Waals surface area contributed by atoms with E-state index >= 15 is 0 Å². The number of oxazole rings is 1. The van der Waals surface area contributed by atoms with Gasteiger partial charge in [0.05, 0.1) is 13.7 Å². The summed E-state index contributed by atoms with van der Waals surface area (Å²) in [7, 11) is 1.67. The van der Waals surface area contributed by atoms with Gasteiger partial charge in [-0.15, -0.1) is 0 Å². The molecule has 3 aromatic rings. The summed E-state index contributed by atoms with van der Waals surface area (Å²) in [6.45, 7) is 8.31. The SMILES string of the molecule is COc1cccc(CN(Cc2nc(C(=O)NCCc3ccccn3)co2)C(C)C(C)C)c1. The Hall–Kier alpha value is -3.19. The third-order valence-corrected chi connectivity index (χ3v) is 5.58. The van der Waals surface area contributed by atoms with Crippen LogP contribution in [0.1, 0.15) is 48.4 Å². The molecule has 0 aliphatic heterocycles. The molecule has 7 nitrogen and oxygen atoms in total. The first-order valence-electron chi connectivity index (χ1n) is 11.0. The van der Waals surface area contributed by atoms with E-state index in [1.54, 1.807) is 13.3 Å². The zero-order chi connectivity index (χ0) is 22.9. The van der Waals surface area contributed by atoms with E-state index in [0.29, 0.717) is 43.1 Å². The van der Waals surface area contributed by atoms with Crippen LogP contribution in [-0.2, 0) is 19.5 Å². The number of ether oxygens (including phenoxy) is 1. The number of carbonyl (C=O) groups is 1. The van der Waals surface area contributed by atoms with Crippen molar-refractivity contribution >= 4 is 5.91 Å². The van der Waals surface area contributed by atoms with Gasteiger partial charge in [-0.05, 0) is 42.7 Å². The molecule has 0 aliphatic carbocycles. The highest BCUT2D eigenvalue weighted by atomic mass is 16.5. The topological polar surface area (TPSA) is 80.5 Å². The maximum atomic E-state index is 12.5. The van der Waals surface area contributed by atoms with Crippen LogP contribution < -0.4 is 10.1 Å². The van der Waals surface area contributed by atoms with Gasteiger partial charge in [0, 0.05) is 37.4 Å². The van der Waals surface area contributed by atoms with Gasteiger partial charge in [0.2, 0.25) is 5.89 Å². The van der Waals surface area contributed by atoms with Crippen LogP contribution in [0.15, 0.2) is 59.3 Å². The fraction of sp³-hybridized carbons (Fsp3) is 0.400. The molecule has 0 spiro atoms. The van der Waals surface area contributed by atoms with Crippen LogP contribution in [0.4, 0.5) is 0 Å². The molecule has 0 aliphatic rings. The summed E-state index contributed by atoms with van der Waals surface area (Å²) in [5.74, 6) is 1.56. The Morgan fingerprint density at radius 1 is 1.16 bits per heavy atom. The number of methoxy groups -OCH3 is 1. The molecule has 0 bridgehead atoms. The summed E-state index contributed by atoms with van der Waals surface area (Å²) in [5, 5.41) is 2.88. The Labute approximate surface area is 189 Å².